The second-order valence-electron chi connectivity index (χ2n) is 6.58. The first kappa shape index (κ1) is 14.0. The molecule has 1 heteroatoms. The lowest BCUT2D eigenvalue weighted by Crippen LogP contribution is -2.18. The average Bonchev–Trinajstić information content (AvgIpc) is 2.96. The maximum Gasteiger partial charge on any atom is 0.0194 e. The fourth-order valence-electron chi connectivity index (χ4n) is 4.17. The number of allylic oxidation sites excluding steroid dienone is 3. The highest BCUT2D eigenvalue weighted by atomic mass is 31.1. The van der Waals surface area contributed by atoms with Crippen LogP contribution in [0.2, 0.25) is 0 Å². The van der Waals surface area contributed by atoms with E-state index in [0.29, 0.717) is 0 Å². The van der Waals surface area contributed by atoms with Crippen LogP contribution in [0.15, 0.2) is 71.6 Å². The van der Waals surface area contributed by atoms with Crippen molar-refractivity contribution in [2.45, 2.75) is 20.8 Å². The van der Waals surface area contributed by atoms with Crippen molar-refractivity contribution in [1.82, 2.24) is 0 Å². The molecule has 2 bridgehead atoms. The maximum absolute atomic E-state index is 2.45. The van der Waals surface area contributed by atoms with Gasteiger partial charge in [0, 0.05) is 5.41 Å². The number of hydrogen-bond acceptors (Lipinski definition) is 0. The molecular formula is C21H21P. The van der Waals surface area contributed by atoms with E-state index in [1.807, 2.05) is 0 Å². The molecule has 0 spiro atoms. The highest BCUT2D eigenvalue weighted by molar-refractivity contribution is 7.73. The zero-order valence-corrected chi connectivity index (χ0v) is 14.3. The summed E-state index contributed by atoms with van der Waals surface area (Å²) in [6.07, 6.45) is 1.30. The molecule has 0 aliphatic carbocycles. The van der Waals surface area contributed by atoms with Crippen molar-refractivity contribution in [3.8, 4) is 0 Å². The molecule has 22 heavy (non-hydrogen) atoms. The Morgan fingerprint density at radius 1 is 0.818 bits per heavy atom. The Hall–Kier alpha value is -1.65. The van der Waals surface area contributed by atoms with Crippen molar-refractivity contribution < 1.29 is 0 Å². The summed E-state index contributed by atoms with van der Waals surface area (Å²) < 4.78 is 0. The van der Waals surface area contributed by atoms with E-state index in [-0.39, 0.29) is 13.3 Å². The topological polar surface area (TPSA) is 0 Å². The molecule has 1 unspecified atom stereocenters. The normalized spacial score (nSPS) is 27.0. The van der Waals surface area contributed by atoms with Gasteiger partial charge in [-0.25, -0.2) is 0 Å². The third-order valence-corrected chi connectivity index (χ3v) is 8.47. The lowest BCUT2D eigenvalue weighted by molar-refractivity contribution is 0.630. The second-order valence-corrected chi connectivity index (χ2v) is 8.87. The van der Waals surface area contributed by atoms with Crippen molar-refractivity contribution >= 4 is 18.8 Å². The van der Waals surface area contributed by atoms with Crippen molar-refractivity contribution in [1.29, 1.82) is 0 Å². The van der Waals surface area contributed by atoms with Crippen LogP contribution in [0.4, 0.5) is 0 Å². The Morgan fingerprint density at radius 2 is 1.36 bits per heavy atom. The smallest absolute Gasteiger partial charge is 0.0194 e. The van der Waals surface area contributed by atoms with Gasteiger partial charge in [-0.05, 0) is 55.3 Å². The summed E-state index contributed by atoms with van der Waals surface area (Å²) >= 11 is 0. The number of hydrogen-bond donors (Lipinski definition) is 0. The Kier molecular flexibility index (Phi) is 3.13. The van der Waals surface area contributed by atoms with Crippen LogP contribution < -0.4 is 0 Å². The number of benzene rings is 2. The minimum atomic E-state index is -0.161. The van der Waals surface area contributed by atoms with Crippen LogP contribution in [-0.4, -0.2) is 6.16 Å². The van der Waals surface area contributed by atoms with E-state index in [2.05, 4.69) is 81.4 Å². The van der Waals surface area contributed by atoms with Crippen molar-refractivity contribution in [3.05, 3.63) is 82.7 Å². The van der Waals surface area contributed by atoms with E-state index in [1.165, 1.54) is 17.3 Å². The van der Waals surface area contributed by atoms with Crippen LogP contribution >= 0.6 is 7.92 Å². The molecule has 2 aliphatic heterocycles. The first-order chi connectivity index (χ1) is 10.6. The Morgan fingerprint density at radius 3 is 1.95 bits per heavy atom. The summed E-state index contributed by atoms with van der Waals surface area (Å²) in [7, 11) is -0.161. The number of rotatable bonds is 2. The molecule has 2 aromatic rings. The largest absolute Gasteiger partial charge is 0.0622 e. The third kappa shape index (κ3) is 1.80. The van der Waals surface area contributed by atoms with Gasteiger partial charge in [0.25, 0.3) is 0 Å². The van der Waals surface area contributed by atoms with E-state index in [9.17, 15) is 0 Å². The van der Waals surface area contributed by atoms with E-state index >= 15 is 0 Å². The first-order valence-corrected chi connectivity index (χ1v) is 9.47. The molecule has 0 fully saturated rings. The number of fused-ring (bicyclic) bond motifs is 2. The van der Waals surface area contributed by atoms with Gasteiger partial charge < -0.3 is 0 Å². The Balaban J connectivity index is 1.87. The first-order valence-electron chi connectivity index (χ1n) is 7.94. The quantitative estimate of drug-likeness (QED) is 0.566. The van der Waals surface area contributed by atoms with Gasteiger partial charge in [0.1, 0.15) is 0 Å². The van der Waals surface area contributed by atoms with Crippen LogP contribution in [0, 0.1) is 5.41 Å². The third-order valence-electron chi connectivity index (χ3n) is 5.36. The van der Waals surface area contributed by atoms with E-state index in [0.717, 1.165) is 0 Å². The molecule has 2 heterocycles. The molecule has 0 N–H and O–H groups in total. The zero-order valence-electron chi connectivity index (χ0n) is 13.4. The van der Waals surface area contributed by atoms with Crippen LogP contribution in [0.1, 0.15) is 31.9 Å². The summed E-state index contributed by atoms with van der Waals surface area (Å²) in [6, 6.07) is 22.0. The Bertz CT molecular complexity index is 783. The van der Waals surface area contributed by atoms with Crippen LogP contribution in [0.5, 0.6) is 0 Å². The molecule has 2 aromatic carbocycles. The van der Waals surface area contributed by atoms with Crippen molar-refractivity contribution in [2.24, 2.45) is 5.41 Å². The molecule has 0 saturated heterocycles. The van der Waals surface area contributed by atoms with Gasteiger partial charge in [-0.1, -0.05) is 73.2 Å². The fraction of sp³-hybridized carbons (Fsp3) is 0.238. The summed E-state index contributed by atoms with van der Waals surface area (Å²) in [5.74, 6) is 0. The summed E-state index contributed by atoms with van der Waals surface area (Å²) in [5.41, 5.74) is 6.26. The summed E-state index contributed by atoms with van der Waals surface area (Å²) in [4.78, 5) is 0. The second kappa shape index (κ2) is 4.93. The van der Waals surface area contributed by atoms with Gasteiger partial charge in [0.2, 0.25) is 0 Å². The van der Waals surface area contributed by atoms with E-state index in [1.54, 1.807) is 21.8 Å². The average molecular weight is 304 g/mol. The predicted molar refractivity (Wildman–Crippen MR) is 98.0 cm³/mol. The van der Waals surface area contributed by atoms with Crippen molar-refractivity contribution in [3.63, 3.8) is 0 Å². The molecule has 0 saturated carbocycles. The fourth-order valence-corrected chi connectivity index (χ4v) is 7.68. The summed E-state index contributed by atoms with van der Waals surface area (Å²) in [6.45, 7) is 7.18. The minimum Gasteiger partial charge on any atom is -0.0622 e. The molecular weight excluding hydrogens is 283 g/mol. The SMILES string of the molecule is CC1=C(c2ccccc2)[C@]2(C)CP1C(c1ccccc1)=C2C. The van der Waals surface area contributed by atoms with Crippen molar-refractivity contribution in [2.75, 3.05) is 6.16 Å². The van der Waals surface area contributed by atoms with Gasteiger partial charge in [-0.2, -0.15) is 0 Å². The highest BCUT2D eigenvalue weighted by Gasteiger charge is 2.50. The van der Waals surface area contributed by atoms with Crippen LogP contribution in [0.3, 0.4) is 0 Å². The Labute approximate surface area is 134 Å². The molecule has 2 aliphatic rings. The minimum absolute atomic E-state index is 0.161. The summed E-state index contributed by atoms with van der Waals surface area (Å²) in [5, 5.41) is 3.27. The van der Waals surface area contributed by atoms with Gasteiger partial charge >= 0.3 is 0 Å². The standard InChI is InChI=1S/C21H21P/c1-15-20(18-12-8-5-9-13-18)22-14-21(15,3)19(16(22)2)17-10-6-4-7-11-17/h4-13H,14H2,1-3H3/t21-,22?/m1/s1. The molecule has 0 amide bonds. The van der Waals surface area contributed by atoms with E-state index < -0.39 is 0 Å². The van der Waals surface area contributed by atoms with Crippen LogP contribution in [-0.2, 0) is 0 Å². The molecule has 0 radical (unpaired) electrons. The molecule has 2 atom stereocenters. The lowest BCUT2D eigenvalue weighted by atomic mass is 9.74. The van der Waals surface area contributed by atoms with Gasteiger partial charge in [0.05, 0.1) is 0 Å². The molecule has 0 aromatic heterocycles. The highest BCUT2D eigenvalue weighted by Crippen LogP contribution is 2.77. The molecule has 110 valence electrons. The monoisotopic (exact) mass is 304 g/mol. The van der Waals surface area contributed by atoms with Gasteiger partial charge in [-0.15, -0.1) is 0 Å². The molecule has 0 nitrogen and oxygen atoms in total. The maximum atomic E-state index is 2.45. The lowest BCUT2D eigenvalue weighted by Gasteiger charge is -2.30. The van der Waals surface area contributed by atoms with Gasteiger partial charge in [0.15, 0.2) is 0 Å². The molecule has 4 rings (SSSR count). The van der Waals surface area contributed by atoms with Gasteiger partial charge in [-0.3, -0.25) is 0 Å². The predicted octanol–water partition coefficient (Wildman–Crippen LogP) is 6.36. The van der Waals surface area contributed by atoms with Crippen LogP contribution in [0.25, 0.3) is 10.9 Å². The van der Waals surface area contributed by atoms with E-state index in [4.69, 9.17) is 0 Å². The zero-order chi connectivity index (χ0) is 15.3.